The Balaban J connectivity index is 1.98. The molecule has 1 aromatic heterocycles. The van der Waals surface area contributed by atoms with E-state index in [1.54, 1.807) is 11.3 Å². The second-order valence-electron chi connectivity index (χ2n) is 4.11. The summed E-state index contributed by atoms with van der Waals surface area (Å²) >= 11 is 1.68. The molecule has 0 unspecified atom stereocenters. The van der Waals surface area contributed by atoms with Crippen molar-refractivity contribution in [1.29, 1.82) is 0 Å². The average molecular weight is 226 g/mol. The maximum absolute atomic E-state index is 5.72. The molecule has 1 saturated heterocycles. The highest BCUT2D eigenvalue weighted by atomic mass is 32.1. The van der Waals surface area contributed by atoms with Crippen molar-refractivity contribution in [3.05, 3.63) is 10.4 Å². The van der Waals surface area contributed by atoms with E-state index in [-0.39, 0.29) is 0 Å². The van der Waals surface area contributed by atoms with E-state index in [2.05, 4.69) is 11.9 Å². The number of hydrogen-bond donors (Lipinski definition) is 1. The number of thiazole rings is 1. The summed E-state index contributed by atoms with van der Waals surface area (Å²) in [6.45, 7) is 3.07. The molecule has 1 aromatic rings. The summed E-state index contributed by atoms with van der Waals surface area (Å²) in [4.78, 5) is 4.37. The third-order valence-corrected chi connectivity index (χ3v) is 3.89. The molecule has 0 amide bonds. The number of nitrogens with zero attached hydrogens (tertiary/aromatic N) is 1. The van der Waals surface area contributed by atoms with Crippen LogP contribution in [0, 0.1) is 0 Å². The number of nitrogens with two attached hydrogens (primary N) is 1. The van der Waals surface area contributed by atoms with Crippen molar-refractivity contribution in [2.24, 2.45) is 0 Å². The van der Waals surface area contributed by atoms with Crippen LogP contribution in [-0.4, -0.2) is 17.7 Å². The van der Waals surface area contributed by atoms with Crippen molar-refractivity contribution < 1.29 is 4.74 Å². The van der Waals surface area contributed by atoms with Gasteiger partial charge in [0, 0.05) is 17.9 Å². The fraction of sp³-hybridized carbons (Fsp3) is 0.727. The number of aromatic nitrogens is 1. The molecular formula is C11H18N2OS. The fourth-order valence-electron chi connectivity index (χ4n) is 2.12. The Hall–Kier alpha value is -0.610. The van der Waals surface area contributed by atoms with E-state index in [9.17, 15) is 0 Å². The zero-order valence-electron chi connectivity index (χ0n) is 9.11. The minimum atomic E-state index is 0.430. The normalized spacial score (nSPS) is 26.7. The Morgan fingerprint density at radius 2 is 2.53 bits per heavy atom. The van der Waals surface area contributed by atoms with Crippen molar-refractivity contribution in [1.82, 2.24) is 4.98 Å². The van der Waals surface area contributed by atoms with Gasteiger partial charge < -0.3 is 10.5 Å². The largest absolute Gasteiger partial charge is 0.383 e. The Morgan fingerprint density at radius 3 is 3.20 bits per heavy atom. The van der Waals surface area contributed by atoms with Gasteiger partial charge in [-0.25, -0.2) is 4.98 Å². The van der Waals surface area contributed by atoms with E-state index in [0.29, 0.717) is 17.8 Å². The summed E-state index contributed by atoms with van der Waals surface area (Å²) in [5.74, 6) is 1.23. The van der Waals surface area contributed by atoms with Gasteiger partial charge in [-0.05, 0) is 19.3 Å². The lowest BCUT2D eigenvalue weighted by atomic mass is 9.94. The highest BCUT2D eigenvalue weighted by Crippen LogP contribution is 2.33. The van der Waals surface area contributed by atoms with E-state index in [1.807, 2.05) is 5.38 Å². The van der Waals surface area contributed by atoms with Crippen LogP contribution >= 0.6 is 11.3 Å². The predicted octanol–water partition coefficient (Wildman–Crippen LogP) is 2.79. The molecule has 2 atom stereocenters. The fourth-order valence-corrected chi connectivity index (χ4v) is 2.97. The van der Waals surface area contributed by atoms with Crippen LogP contribution in [-0.2, 0) is 4.74 Å². The van der Waals surface area contributed by atoms with Gasteiger partial charge in [-0.1, -0.05) is 13.3 Å². The van der Waals surface area contributed by atoms with Crippen LogP contribution in [0.4, 0.5) is 5.82 Å². The van der Waals surface area contributed by atoms with Gasteiger partial charge in [-0.15, -0.1) is 11.3 Å². The average Bonchev–Trinajstić information content (AvgIpc) is 2.66. The Morgan fingerprint density at radius 1 is 1.67 bits per heavy atom. The maximum Gasteiger partial charge on any atom is 0.134 e. The van der Waals surface area contributed by atoms with Gasteiger partial charge in [0.05, 0.1) is 11.1 Å². The van der Waals surface area contributed by atoms with Crippen LogP contribution in [0.5, 0.6) is 0 Å². The van der Waals surface area contributed by atoms with Gasteiger partial charge >= 0.3 is 0 Å². The molecule has 15 heavy (non-hydrogen) atoms. The molecule has 0 radical (unpaired) electrons. The van der Waals surface area contributed by atoms with E-state index in [0.717, 1.165) is 25.9 Å². The molecule has 0 saturated carbocycles. The van der Waals surface area contributed by atoms with E-state index in [4.69, 9.17) is 10.5 Å². The summed E-state index contributed by atoms with van der Waals surface area (Å²) in [6, 6.07) is 0. The SMILES string of the molecule is CCC[C@@H]1C[C@H](c2nc(N)cs2)CCO1. The first-order chi connectivity index (χ1) is 7.29. The van der Waals surface area contributed by atoms with Crippen LogP contribution < -0.4 is 5.73 Å². The van der Waals surface area contributed by atoms with E-state index in [1.165, 1.54) is 11.4 Å². The van der Waals surface area contributed by atoms with E-state index < -0.39 is 0 Å². The monoisotopic (exact) mass is 226 g/mol. The van der Waals surface area contributed by atoms with Gasteiger partial charge in [0.1, 0.15) is 5.82 Å². The minimum Gasteiger partial charge on any atom is -0.383 e. The van der Waals surface area contributed by atoms with Gasteiger partial charge in [-0.2, -0.15) is 0 Å². The lowest BCUT2D eigenvalue weighted by Gasteiger charge is -2.28. The zero-order valence-corrected chi connectivity index (χ0v) is 9.93. The molecule has 84 valence electrons. The van der Waals surface area contributed by atoms with Crippen LogP contribution in [0.3, 0.4) is 0 Å². The van der Waals surface area contributed by atoms with Crippen molar-refractivity contribution >= 4 is 17.2 Å². The second-order valence-corrected chi connectivity index (χ2v) is 5.00. The van der Waals surface area contributed by atoms with Crippen LogP contribution in [0.25, 0.3) is 0 Å². The van der Waals surface area contributed by atoms with Crippen LogP contribution in [0.1, 0.15) is 43.5 Å². The summed E-state index contributed by atoms with van der Waals surface area (Å²) in [6.07, 6.45) is 4.99. The molecule has 2 N–H and O–H groups in total. The zero-order chi connectivity index (χ0) is 10.7. The molecule has 1 aliphatic rings. The molecule has 2 heterocycles. The lowest BCUT2D eigenvalue weighted by molar-refractivity contribution is 0.00161. The number of rotatable bonds is 3. The molecule has 1 fully saturated rings. The predicted molar refractivity (Wildman–Crippen MR) is 63.1 cm³/mol. The molecule has 4 heteroatoms. The Labute approximate surface area is 94.7 Å². The first kappa shape index (κ1) is 10.9. The minimum absolute atomic E-state index is 0.430. The molecule has 1 aliphatic heterocycles. The van der Waals surface area contributed by atoms with Crippen molar-refractivity contribution in [3.8, 4) is 0 Å². The molecule has 0 aromatic carbocycles. The molecule has 0 spiro atoms. The molecular weight excluding hydrogens is 208 g/mol. The molecule has 2 rings (SSSR count). The van der Waals surface area contributed by atoms with Crippen LogP contribution in [0.2, 0.25) is 0 Å². The summed E-state index contributed by atoms with van der Waals surface area (Å²) < 4.78 is 5.72. The summed E-state index contributed by atoms with van der Waals surface area (Å²) in [7, 11) is 0. The smallest absolute Gasteiger partial charge is 0.134 e. The number of anilines is 1. The molecule has 3 nitrogen and oxygen atoms in total. The Kier molecular flexibility index (Phi) is 3.59. The third kappa shape index (κ3) is 2.69. The summed E-state index contributed by atoms with van der Waals surface area (Å²) in [5, 5.41) is 3.12. The molecule has 0 aliphatic carbocycles. The van der Waals surface area contributed by atoms with Crippen molar-refractivity contribution in [2.45, 2.75) is 44.6 Å². The van der Waals surface area contributed by atoms with Crippen LogP contribution in [0.15, 0.2) is 5.38 Å². The third-order valence-electron chi connectivity index (χ3n) is 2.87. The van der Waals surface area contributed by atoms with Gasteiger partial charge in [0.15, 0.2) is 0 Å². The first-order valence-electron chi connectivity index (χ1n) is 5.62. The number of nitrogen functional groups attached to an aromatic ring is 1. The van der Waals surface area contributed by atoms with Crippen molar-refractivity contribution in [2.75, 3.05) is 12.3 Å². The molecule has 0 bridgehead atoms. The summed E-state index contributed by atoms with van der Waals surface area (Å²) in [5.41, 5.74) is 5.65. The maximum atomic E-state index is 5.72. The number of hydrogen-bond acceptors (Lipinski definition) is 4. The lowest BCUT2D eigenvalue weighted by Crippen LogP contribution is -2.24. The van der Waals surface area contributed by atoms with Gasteiger partial charge in [0.2, 0.25) is 0 Å². The highest BCUT2D eigenvalue weighted by Gasteiger charge is 2.25. The number of ether oxygens (including phenoxy) is 1. The highest BCUT2D eigenvalue weighted by molar-refractivity contribution is 7.10. The van der Waals surface area contributed by atoms with Gasteiger partial charge in [-0.3, -0.25) is 0 Å². The second kappa shape index (κ2) is 4.94. The Bertz CT molecular complexity index is 311. The first-order valence-corrected chi connectivity index (χ1v) is 6.50. The van der Waals surface area contributed by atoms with E-state index >= 15 is 0 Å². The van der Waals surface area contributed by atoms with Crippen molar-refractivity contribution in [3.63, 3.8) is 0 Å². The topological polar surface area (TPSA) is 48.1 Å². The quantitative estimate of drug-likeness (QED) is 0.862. The van der Waals surface area contributed by atoms with Gasteiger partial charge in [0.25, 0.3) is 0 Å². The standard InChI is InChI=1S/C11H18N2OS/c1-2-3-9-6-8(4-5-14-9)11-13-10(12)7-15-11/h7-9H,2-6,12H2,1H3/t8-,9-/m1/s1.